The number of carboxylic acids is 1. The van der Waals surface area contributed by atoms with Gasteiger partial charge in [0.05, 0.1) is 0 Å². The molecule has 0 aliphatic rings. The number of nitrogens with two attached hydrogens (primary N) is 1. The zero-order valence-corrected chi connectivity index (χ0v) is 10.9. The van der Waals surface area contributed by atoms with Crippen LogP contribution in [0, 0.1) is 6.92 Å². The maximum absolute atomic E-state index is 11.9. The fourth-order valence-electron chi connectivity index (χ4n) is 1.58. The first kappa shape index (κ1) is 15.5. The minimum absolute atomic E-state index is 0.0464. The van der Waals surface area contributed by atoms with Gasteiger partial charge in [0, 0.05) is 12.0 Å². The molecule has 0 aliphatic heterocycles. The predicted octanol–water partition coefficient (Wildman–Crippen LogP) is 0.149. The molecule has 1 rings (SSSR count). The quantitative estimate of drug-likeness (QED) is 0.589. The number of aryl methyl sites for hydroxylation is 1. The van der Waals surface area contributed by atoms with Gasteiger partial charge < -0.3 is 21.3 Å². The highest BCUT2D eigenvalue weighted by Gasteiger charge is 2.21. The van der Waals surface area contributed by atoms with Gasteiger partial charge in [-0.15, -0.1) is 0 Å². The van der Waals surface area contributed by atoms with E-state index < -0.39 is 23.8 Å². The molecule has 0 radical (unpaired) electrons. The average molecular weight is 280 g/mol. The number of amides is 2. The predicted molar refractivity (Wildman–Crippen MR) is 70.2 cm³/mol. The zero-order chi connectivity index (χ0) is 15.3. The van der Waals surface area contributed by atoms with Gasteiger partial charge in [0.25, 0.3) is 5.91 Å². The van der Waals surface area contributed by atoms with Crippen LogP contribution in [-0.2, 0) is 9.59 Å². The molecule has 2 amide bonds. The van der Waals surface area contributed by atoms with Crippen LogP contribution in [0.15, 0.2) is 18.2 Å². The Morgan fingerprint density at radius 3 is 2.50 bits per heavy atom. The Morgan fingerprint density at radius 1 is 1.35 bits per heavy atom. The Hall–Kier alpha value is -2.57. The van der Waals surface area contributed by atoms with Gasteiger partial charge in [0.15, 0.2) is 0 Å². The van der Waals surface area contributed by atoms with E-state index in [0.29, 0.717) is 5.56 Å². The summed E-state index contributed by atoms with van der Waals surface area (Å²) in [5, 5.41) is 20.6. The number of rotatable bonds is 6. The summed E-state index contributed by atoms with van der Waals surface area (Å²) in [7, 11) is 0. The molecule has 0 heterocycles. The van der Waals surface area contributed by atoms with Crippen LogP contribution in [0.1, 0.15) is 28.8 Å². The lowest BCUT2D eigenvalue weighted by molar-refractivity contribution is -0.139. The molecule has 7 heteroatoms. The van der Waals surface area contributed by atoms with Gasteiger partial charge in [-0.1, -0.05) is 0 Å². The number of carbonyl (C=O) groups excluding carboxylic acids is 2. The van der Waals surface area contributed by atoms with E-state index in [1.165, 1.54) is 18.2 Å². The molecule has 1 atom stereocenters. The summed E-state index contributed by atoms with van der Waals surface area (Å²) < 4.78 is 0. The van der Waals surface area contributed by atoms with Crippen molar-refractivity contribution in [3.63, 3.8) is 0 Å². The average Bonchev–Trinajstić information content (AvgIpc) is 2.36. The Morgan fingerprint density at radius 2 is 2.00 bits per heavy atom. The van der Waals surface area contributed by atoms with Crippen LogP contribution in [-0.4, -0.2) is 34.0 Å². The third kappa shape index (κ3) is 4.27. The lowest BCUT2D eigenvalue weighted by Gasteiger charge is -2.14. The molecule has 108 valence electrons. The zero-order valence-electron chi connectivity index (χ0n) is 10.9. The van der Waals surface area contributed by atoms with Crippen molar-refractivity contribution in [1.82, 2.24) is 5.32 Å². The summed E-state index contributed by atoms with van der Waals surface area (Å²) in [5.74, 6) is -2.42. The summed E-state index contributed by atoms with van der Waals surface area (Å²) in [6.07, 6.45) is -0.209. The van der Waals surface area contributed by atoms with Crippen molar-refractivity contribution in [3.8, 4) is 5.75 Å². The second-order valence-corrected chi connectivity index (χ2v) is 4.37. The fraction of sp³-hybridized carbons (Fsp3) is 0.308. The smallest absolute Gasteiger partial charge is 0.326 e. The van der Waals surface area contributed by atoms with Gasteiger partial charge in [0.1, 0.15) is 11.8 Å². The van der Waals surface area contributed by atoms with Crippen molar-refractivity contribution in [2.45, 2.75) is 25.8 Å². The van der Waals surface area contributed by atoms with Crippen LogP contribution in [0.2, 0.25) is 0 Å². The Balaban J connectivity index is 2.77. The van der Waals surface area contributed by atoms with Gasteiger partial charge in [-0.2, -0.15) is 0 Å². The molecular formula is C13H16N2O5. The molecular weight excluding hydrogens is 264 g/mol. The number of phenolic OH excluding ortho intramolecular Hbond substituents is 1. The molecule has 1 unspecified atom stereocenters. The fourth-order valence-corrected chi connectivity index (χ4v) is 1.58. The molecule has 0 bridgehead atoms. The van der Waals surface area contributed by atoms with Gasteiger partial charge in [-0.3, -0.25) is 9.59 Å². The molecule has 0 aliphatic carbocycles. The lowest BCUT2D eigenvalue weighted by atomic mass is 10.1. The van der Waals surface area contributed by atoms with Crippen LogP contribution in [0.4, 0.5) is 0 Å². The standard InChI is InChI=1S/C13H16N2O5/c1-7-6-8(2-4-10(7)16)12(18)15-9(13(19)20)3-5-11(14)17/h2,4,6,9,16H,3,5H2,1H3,(H2,14,17)(H,15,18)(H,19,20). The van der Waals surface area contributed by atoms with Gasteiger partial charge in [-0.25, -0.2) is 4.79 Å². The number of aromatic hydroxyl groups is 1. The number of carboxylic acid groups (broad SMARTS) is 1. The second kappa shape index (κ2) is 6.55. The van der Waals surface area contributed by atoms with Gasteiger partial charge in [-0.05, 0) is 37.1 Å². The number of phenols is 1. The Kier molecular flexibility index (Phi) is 5.08. The number of carbonyl (C=O) groups is 3. The summed E-state index contributed by atoms with van der Waals surface area (Å²) in [6, 6.07) is 2.98. The Bertz CT molecular complexity index is 542. The highest BCUT2D eigenvalue weighted by atomic mass is 16.4. The maximum atomic E-state index is 11.9. The molecule has 0 aromatic heterocycles. The van der Waals surface area contributed by atoms with E-state index in [1.54, 1.807) is 6.92 Å². The first-order valence-corrected chi connectivity index (χ1v) is 5.93. The summed E-state index contributed by atoms with van der Waals surface area (Å²) in [6.45, 7) is 1.62. The molecule has 20 heavy (non-hydrogen) atoms. The molecule has 0 saturated carbocycles. The van der Waals surface area contributed by atoms with E-state index in [-0.39, 0.29) is 24.2 Å². The monoisotopic (exact) mass is 280 g/mol. The van der Waals surface area contributed by atoms with E-state index in [1.807, 2.05) is 0 Å². The molecule has 1 aromatic carbocycles. The van der Waals surface area contributed by atoms with E-state index in [9.17, 15) is 19.5 Å². The number of aliphatic carboxylic acids is 1. The second-order valence-electron chi connectivity index (χ2n) is 4.37. The number of nitrogens with one attached hydrogen (secondary N) is 1. The third-order valence-corrected chi connectivity index (χ3v) is 2.74. The van der Waals surface area contributed by atoms with Crippen molar-refractivity contribution in [2.24, 2.45) is 5.73 Å². The summed E-state index contributed by atoms with van der Waals surface area (Å²) >= 11 is 0. The minimum Gasteiger partial charge on any atom is -0.508 e. The van der Waals surface area contributed by atoms with E-state index in [2.05, 4.69) is 5.32 Å². The van der Waals surface area contributed by atoms with E-state index >= 15 is 0 Å². The van der Waals surface area contributed by atoms with Crippen molar-refractivity contribution in [1.29, 1.82) is 0 Å². The molecule has 0 spiro atoms. The van der Waals surface area contributed by atoms with Crippen LogP contribution < -0.4 is 11.1 Å². The number of hydrogen-bond acceptors (Lipinski definition) is 4. The van der Waals surface area contributed by atoms with Gasteiger partial charge >= 0.3 is 5.97 Å². The lowest BCUT2D eigenvalue weighted by Crippen LogP contribution is -2.41. The van der Waals surface area contributed by atoms with Crippen molar-refractivity contribution in [2.75, 3.05) is 0 Å². The third-order valence-electron chi connectivity index (χ3n) is 2.74. The summed E-state index contributed by atoms with van der Waals surface area (Å²) in [4.78, 5) is 33.5. The van der Waals surface area contributed by atoms with Crippen molar-refractivity contribution in [3.05, 3.63) is 29.3 Å². The molecule has 1 aromatic rings. The van der Waals surface area contributed by atoms with Crippen LogP contribution in [0.5, 0.6) is 5.75 Å². The molecule has 0 fully saturated rings. The topological polar surface area (TPSA) is 130 Å². The van der Waals surface area contributed by atoms with Crippen molar-refractivity contribution < 1.29 is 24.6 Å². The van der Waals surface area contributed by atoms with Gasteiger partial charge in [0.2, 0.25) is 5.91 Å². The number of benzene rings is 1. The largest absolute Gasteiger partial charge is 0.508 e. The molecule has 7 nitrogen and oxygen atoms in total. The number of hydrogen-bond donors (Lipinski definition) is 4. The Labute approximate surface area is 115 Å². The van der Waals surface area contributed by atoms with Crippen LogP contribution in [0.25, 0.3) is 0 Å². The molecule has 5 N–H and O–H groups in total. The minimum atomic E-state index is -1.24. The van der Waals surface area contributed by atoms with E-state index in [0.717, 1.165) is 0 Å². The van der Waals surface area contributed by atoms with Crippen LogP contribution in [0.3, 0.4) is 0 Å². The first-order valence-electron chi connectivity index (χ1n) is 5.93. The highest BCUT2D eigenvalue weighted by Crippen LogP contribution is 2.17. The van der Waals surface area contributed by atoms with Crippen LogP contribution >= 0.6 is 0 Å². The normalized spacial score (nSPS) is 11.7. The highest BCUT2D eigenvalue weighted by molar-refractivity contribution is 5.97. The number of primary amides is 1. The summed E-state index contributed by atoms with van der Waals surface area (Å²) in [5.41, 5.74) is 5.68. The van der Waals surface area contributed by atoms with E-state index in [4.69, 9.17) is 10.8 Å². The first-order chi connectivity index (χ1) is 9.31. The maximum Gasteiger partial charge on any atom is 0.326 e. The SMILES string of the molecule is Cc1cc(C(=O)NC(CCC(N)=O)C(=O)O)ccc1O. The van der Waals surface area contributed by atoms with Crippen molar-refractivity contribution >= 4 is 17.8 Å². The molecule has 0 saturated heterocycles.